The molecule has 1 amide bonds. The summed E-state index contributed by atoms with van der Waals surface area (Å²) in [6.45, 7) is 2.85. The number of anilines is 1. The topological polar surface area (TPSA) is 79.3 Å². The number of likely N-dealkylation sites (tertiary alicyclic amines) is 1. The number of hydrogen-bond donors (Lipinski definition) is 1. The number of aliphatic hydroxyl groups excluding tert-OH is 1. The summed E-state index contributed by atoms with van der Waals surface area (Å²) in [6.07, 6.45) is 0. The van der Waals surface area contributed by atoms with Gasteiger partial charge in [-0.15, -0.1) is 0 Å². The van der Waals surface area contributed by atoms with Crippen molar-refractivity contribution < 1.29 is 24.2 Å². The van der Waals surface area contributed by atoms with Crippen molar-refractivity contribution in [3.8, 4) is 5.75 Å². The highest BCUT2D eigenvalue weighted by atomic mass is 16.5. The van der Waals surface area contributed by atoms with Crippen molar-refractivity contribution in [1.29, 1.82) is 0 Å². The van der Waals surface area contributed by atoms with E-state index in [0.717, 1.165) is 11.3 Å². The fourth-order valence-electron chi connectivity index (χ4n) is 3.66. The van der Waals surface area contributed by atoms with Gasteiger partial charge in [0.1, 0.15) is 11.5 Å². The van der Waals surface area contributed by atoms with Crippen molar-refractivity contribution in [3.05, 3.63) is 65.2 Å². The number of amides is 1. The van der Waals surface area contributed by atoms with Gasteiger partial charge in [-0.3, -0.25) is 9.59 Å². The summed E-state index contributed by atoms with van der Waals surface area (Å²) in [5, 5.41) is 11.1. The number of hydrogen-bond acceptors (Lipinski definition) is 6. The average Bonchev–Trinajstić information content (AvgIpc) is 3.02. The molecule has 1 aliphatic heterocycles. The molecule has 3 rings (SSSR count). The highest BCUT2D eigenvalue weighted by Gasteiger charge is 2.45. The number of Topliss-reactive ketones (excluding diaryl/α,β-unsaturated/α-hetero) is 1. The van der Waals surface area contributed by atoms with Gasteiger partial charge < -0.3 is 24.4 Å². The molecule has 7 heteroatoms. The molecule has 1 aliphatic rings. The van der Waals surface area contributed by atoms with Crippen LogP contribution in [0, 0.1) is 0 Å². The minimum atomic E-state index is -0.711. The Morgan fingerprint density at radius 3 is 2.45 bits per heavy atom. The normalized spacial score (nSPS) is 17.8. The van der Waals surface area contributed by atoms with Gasteiger partial charge in [-0.2, -0.15) is 0 Å². The van der Waals surface area contributed by atoms with E-state index in [9.17, 15) is 14.7 Å². The van der Waals surface area contributed by atoms with Crippen molar-refractivity contribution in [2.75, 3.05) is 45.9 Å². The predicted molar refractivity (Wildman–Crippen MR) is 119 cm³/mol. The van der Waals surface area contributed by atoms with Crippen LogP contribution in [0.15, 0.2) is 54.1 Å². The van der Waals surface area contributed by atoms with E-state index in [1.807, 2.05) is 50.2 Å². The second-order valence-corrected chi connectivity index (χ2v) is 7.43. The average molecular weight is 424 g/mol. The van der Waals surface area contributed by atoms with Crippen molar-refractivity contribution in [2.24, 2.45) is 0 Å². The van der Waals surface area contributed by atoms with Crippen LogP contribution in [0.1, 0.15) is 24.1 Å². The van der Waals surface area contributed by atoms with Gasteiger partial charge in [-0.1, -0.05) is 24.3 Å². The molecular formula is C24H28N2O5. The maximum absolute atomic E-state index is 13.0. The Morgan fingerprint density at radius 1 is 1.13 bits per heavy atom. The largest absolute Gasteiger partial charge is 0.507 e. The number of nitrogens with zero attached hydrogens (tertiary/aromatic N) is 2. The molecule has 2 aromatic carbocycles. The van der Waals surface area contributed by atoms with Gasteiger partial charge in [0.15, 0.2) is 0 Å². The molecule has 2 aromatic rings. The molecule has 0 aromatic heterocycles. The minimum absolute atomic E-state index is 0.0624. The molecule has 1 N–H and O–H groups in total. The van der Waals surface area contributed by atoms with Crippen LogP contribution in [0.5, 0.6) is 5.75 Å². The van der Waals surface area contributed by atoms with Crippen LogP contribution in [-0.2, 0) is 14.3 Å². The molecule has 1 unspecified atom stereocenters. The zero-order chi connectivity index (χ0) is 22.5. The second-order valence-electron chi connectivity index (χ2n) is 7.43. The Morgan fingerprint density at radius 2 is 1.84 bits per heavy atom. The lowest BCUT2D eigenvalue weighted by atomic mass is 9.95. The maximum atomic E-state index is 13.0. The zero-order valence-corrected chi connectivity index (χ0v) is 18.3. The van der Waals surface area contributed by atoms with Gasteiger partial charge >= 0.3 is 0 Å². The summed E-state index contributed by atoms with van der Waals surface area (Å²) < 4.78 is 10.6. The number of carbonyl (C=O) groups excluding carboxylic acids is 2. The summed E-state index contributed by atoms with van der Waals surface area (Å²) in [5.74, 6) is -1.01. The van der Waals surface area contributed by atoms with Crippen LogP contribution in [0.2, 0.25) is 0 Å². The minimum Gasteiger partial charge on any atom is -0.507 e. The Labute approximate surface area is 182 Å². The Kier molecular flexibility index (Phi) is 6.97. The fourth-order valence-corrected chi connectivity index (χ4v) is 3.66. The number of ether oxygens (including phenoxy) is 2. The third-order valence-electron chi connectivity index (χ3n) is 5.22. The van der Waals surface area contributed by atoms with Crippen molar-refractivity contribution >= 4 is 23.1 Å². The highest BCUT2D eigenvalue weighted by Crippen LogP contribution is 2.40. The molecule has 0 aliphatic carbocycles. The lowest BCUT2D eigenvalue weighted by molar-refractivity contribution is -0.140. The molecule has 0 radical (unpaired) electrons. The van der Waals surface area contributed by atoms with E-state index in [1.54, 1.807) is 24.3 Å². The molecular weight excluding hydrogens is 396 g/mol. The summed E-state index contributed by atoms with van der Waals surface area (Å²) in [7, 11) is 5.41. The zero-order valence-electron chi connectivity index (χ0n) is 18.3. The summed E-state index contributed by atoms with van der Waals surface area (Å²) >= 11 is 0. The number of methoxy groups -OCH3 is 1. The van der Waals surface area contributed by atoms with Gasteiger partial charge in [0.05, 0.1) is 24.8 Å². The van der Waals surface area contributed by atoms with Crippen LogP contribution in [0.25, 0.3) is 5.76 Å². The van der Waals surface area contributed by atoms with E-state index in [2.05, 4.69) is 0 Å². The lowest BCUT2D eigenvalue weighted by Crippen LogP contribution is -2.32. The molecule has 1 saturated heterocycles. The number of aliphatic hydroxyl groups is 1. The van der Waals surface area contributed by atoms with Gasteiger partial charge in [0.25, 0.3) is 11.7 Å². The first-order valence-electron chi connectivity index (χ1n) is 10.2. The molecule has 31 heavy (non-hydrogen) atoms. The molecule has 1 atom stereocenters. The Hall–Kier alpha value is -3.32. The van der Waals surface area contributed by atoms with E-state index in [4.69, 9.17) is 9.47 Å². The first-order chi connectivity index (χ1) is 14.9. The third kappa shape index (κ3) is 4.56. The maximum Gasteiger partial charge on any atom is 0.295 e. The van der Waals surface area contributed by atoms with Crippen LogP contribution in [0.3, 0.4) is 0 Å². The summed E-state index contributed by atoms with van der Waals surface area (Å²) in [5.41, 5.74) is 2.21. The third-order valence-corrected chi connectivity index (χ3v) is 5.22. The van der Waals surface area contributed by atoms with Crippen molar-refractivity contribution in [1.82, 2.24) is 4.90 Å². The quantitative estimate of drug-likeness (QED) is 0.398. The van der Waals surface area contributed by atoms with Crippen molar-refractivity contribution in [2.45, 2.75) is 13.0 Å². The second kappa shape index (κ2) is 9.66. The SMILES string of the molecule is CCOc1cccc(/C(O)=C2\C(=O)C(=O)N(CCOC)C2c2ccc(N(C)C)cc2)c1. The standard InChI is InChI=1S/C24H28N2O5/c1-5-31-19-8-6-7-17(15-19)22(27)20-21(16-9-11-18(12-10-16)25(2)3)26(13-14-30-4)24(29)23(20)28/h6-12,15,21,27H,5,13-14H2,1-4H3/b22-20+. The fraction of sp³-hybridized carbons (Fsp3) is 0.333. The van der Waals surface area contributed by atoms with E-state index >= 15 is 0 Å². The predicted octanol–water partition coefficient (Wildman–Crippen LogP) is 3.22. The van der Waals surface area contributed by atoms with Gasteiger partial charge in [-0.05, 0) is 36.8 Å². The summed E-state index contributed by atoms with van der Waals surface area (Å²) in [4.78, 5) is 29.2. The van der Waals surface area contributed by atoms with Gasteiger partial charge in [0.2, 0.25) is 0 Å². The molecule has 0 spiro atoms. The molecule has 7 nitrogen and oxygen atoms in total. The molecule has 164 valence electrons. The first kappa shape index (κ1) is 22.4. The van der Waals surface area contributed by atoms with Crippen LogP contribution in [-0.4, -0.2) is 62.7 Å². The smallest absolute Gasteiger partial charge is 0.295 e. The van der Waals surface area contributed by atoms with Gasteiger partial charge in [0, 0.05) is 39.0 Å². The Balaban J connectivity index is 2.12. The number of rotatable bonds is 8. The summed E-state index contributed by atoms with van der Waals surface area (Å²) in [6, 6.07) is 13.7. The van der Waals surface area contributed by atoms with Crippen LogP contribution >= 0.6 is 0 Å². The van der Waals surface area contributed by atoms with Crippen LogP contribution in [0.4, 0.5) is 5.69 Å². The Bertz CT molecular complexity index is 982. The van der Waals surface area contributed by atoms with E-state index in [-0.39, 0.29) is 24.5 Å². The number of carbonyl (C=O) groups is 2. The number of benzene rings is 2. The highest BCUT2D eigenvalue weighted by molar-refractivity contribution is 6.46. The number of ketones is 1. The molecule has 1 heterocycles. The molecule has 0 saturated carbocycles. The van der Waals surface area contributed by atoms with E-state index in [1.165, 1.54) is 12.0 Å². The van der Waals surface area contributed by atoms with E-state index < -0.39 is 17.7 Å². The van der Waals surface area contributed by atoms with E-state index in [0.29, 0.717) is 17.9 Å². The molecule has 0 bridgehead atoms. The van der Waals surface area contributed by atoms with Gasteiger partial charge in [-0.25, -0.2) is 0 Å². The molecule has 1 fully saturated rings. The monoisotopic (exact) mass is 424 g/mol. The van der Waals surface area contributed by atoms with Crippen molar-refractivity contribution in [3.63, 3.8) is 0 Å². The first-order valence-corrected chi connectivity index (χ1v) is 10.2. The van der Waals surface area contributed by atoms with Crippen LogP contribution < -0.4 is 9.64 Å². The lowest BCUT2D eigenvalue weighted by Gasteiger charge is -2.25.